The molecular formula is C47H51N11O7. The highest BCUT2D eigenvalue weighted by Gasteiger charge is 2.34. The number of nitrogens with one attached hydrogen (secondary N) is 4. The van der Waals surface area contributed by atoms with E-state index in [9.17, 15) is 24.0 Å². The maximum absolute atomic E-state index is 13.4. The van der Waals surface area contributed by atoms with Crippen molar-refractivity contribution in [3.05, 3.63) is 108 Å². The summed E-state index contributed by atoms with van der Waals surface area (Å²) >= 11 is 0. The molecule has 4 N–H and O–H groups in total. The van der Waals surface area contributed by atoms with Crippen molar-refractivity contribution in [1.82, 2.24) is 28.2 Å². The molecule has 0 aliphatic carbocycles. The van der Waals surface area contributed by atoms with Crippen LogP contribution in [0.1, 0.15) is 82.0 Å². The maximum Gasteiger partial charge on any atom is 0.291 e. The molecule has 1 atom stereocenters. The summed E-state index contributed by atoms with van der Waals surface area (Å²) in [5, 5.41) is 12.3. The minimum atomic E-state index is -0.560. The summed E-state index contributed by atoms with van der Waals surface area (Å²) in [5.41, 5.74) is 4.85. The summed E-state index contributed by atoms with van der Waals surface area (Å²) in [6.07, 6.45) is 9.67. The van der Waals surface area contributed by atoms with Crippen molar-refractivity contribution in [3.63, 3.8) is 0 Å². The molecule has 6 aromatic rings. The third kappa shape index (κ3) is 9.13. The van der Waals surface area contributed by atoms with Gasteiger partial charge in [-0.15, -0.1) is 0 Å². The monoisotopic (exact) mass is 881 g/mol. The molecule has 65 heavy (non-hydrogen) atoms. The van der Waals surface area contributed by atoms with E-state index in [-0.39, 0.29) is 59.7 Å². The van der Waals surface area contributed by atoms with Crippen molar-refractivity contribution in [3.8, 4) is 11.5 Å². The molecule has 0 radical (unpaired) electrons. The first-order chi connectivity index (χ1) is 30.9. The summed E-state index contributed by atoms with van der Waals surface area (Å²) < 4.78 is 18.3. The van der Waals surface area contributed by atoms with E-state index in [2.05, 4.69) is 63.2 Å². The number of amides is 5. The summed E-state index contributed by atoms with van der Waals surface area (Å²) in [7, 11) is 6.50. The standard InChI is InChI=1S/C47H51N11O7/c1-27-16-32-22-48-34-21-39(38(64-8)20-33(34)46(63)57(32)23-27)65-15-9-10-41(59)52-40-26-56(7)42(53-40)45(62)51-31-19-37(55(6)25-31)44(61)50-30-18-36(54(5)24-30)43(60)49-29-11-12-35-28(17-29)13-14-58(35)47(2,3)4/h11-14,17-22,24-26,32H,1,9-10,15-16,23H2,2-8H3,(H,49,60)(H,50,61)(H,51,62)(H,52,59)/t32-/m0/s1. The summed E-state index contributed by atoms with van der Waals surface area (Å²) in [5.74, 6) is -0.841. The van der Waals surface area contributed by atoms with Gasteiger partial charge in [-0.25, -0.2) is 4.98 Å². The number of aryl methyl sites for hydroxylation is 3. The Hall–Kier alpha value is -7.89. The average Bonchev–Trinajstić information content (AvgIpc) is 4.08. The second kappa shape index (κ2) is 17.3. The smallest absolute Gasteiger partial charge is 0.291 e. The van der Waals surface area contributed by atoms with Gasteiger partial charge in [0.2, 0.25) is 11.7 Å². The van der Waals surface area contributed by atoms with Gasteiger partial charge in [-0.3, -0.25) is 29.0 Å². The first-order valence-electron chi connectivity index (χ1n) is 21.0. The molecule has 2 aliphatic heterocycles. The molecule has 1 saturated heterocycles. The van der Waals surface area contributed by atoms with E-state index >= 15 is 0 Å². The Bertz CT molecular complexity index is 2940. The molecule has 0 unspecified atom stereocenters. The molecule has 5 amide bonds. The van der Waals surface area contributed by atoms with Crippen LogP contribution in [0, 0.1) is 0 Å². The number of aliphatic imine (C=N–C) groups is 1. The molecule has 18 heteroatoms. The van der Waals surface area contributed by atoms with E-state index in [0.717, 1.165) is 16.5 Å². The second-order valence-corrected chi connectivity index (χ2v) is 17.3. The van der Waals surface area contributed by atoms with Crippen molar-refractivity contribution in [2.24, 2.45) is 26.1 Å². The largest absolute Gasteiger partial charge is 0.493 e. The van der Waals surface area contributed by atoms with E-state index in [4.69, 9.17) is 9.47 Å². The number of methoxy groups -OCH3 is 1. The normalized spacial score (nSPS) is 14.5. The molecule has 2 aromatic carbocycles. The first-order valence-corrected chi connectivity index (χ1v) is 21.0. The SMILES string of the molecule is C=C1C[C@H]2C=Nc3cc(OCCCC(=O)Nc4cn(C)c(C(=O)Nc5cc(C(=O)Nc6cc(C(=O)Nc7ccc8c(ccn8C(C)(C)C)c7)n(C)c6)n(C)c5)n4)c(OC)cc3C(=O)N2C1. The van der Waals surface area contributed by atoms with Crippen LogP contribution in [0.25, 0.3) is 10.9 Å². The van der Waals surface area contributed by atoms with E-state index in [1.54, 1.807) is 72.0 Å². The minimum Gasteiger partial charge on any atom is -0.493 e. The van der Waals surface area contributed by atoms with Crippen molar-refractivity contribution >= 4 is 75.2 Å². The van der Waals surface area contributed by atoms with Gasteiger partial charge >= 0.3 is 0 Å². The molecular weight excluding hydrogens is 831 g/mol. The average molecular weight is 882 g/mol. The van der Waals surface area contributed by atoms with E-state index in [1.807, 2.05) is 30.5 Å². The van der Waals surface area contributed by atoms with Crippen LogP contribution in [-0.4, -0.2) is 90.2 Å². The van der Waals surface area contributed by atoms with Gasteiger partial charge in [-0.1, -0.05) is 12.2 Å². The van der Waals surface area contributed by atoms with Crippen LogP contribution in [0.4, 0.5) is 28.6 Å². The Morgan fingerprint density at radius 1 is 0.815 bits per heavy atom. The topological polar surface area (TPSA) is 200 Å². The van der Waals surface area contributed by atoms with Gasteiger partial charge in [-0.2, -0.15) is 0 Å². The van der Waals surface area contributed by atoms with Crippen molar-refractivity contribution in [2.45, 2.75) is 51.6 Å². The molecule has 18 nitrogen and oxygen atoms in total. The molecule has 1 fully saturated rings. The summed E-state index contributed by atoms with van der Waals surface area (Å²) in [6, 6.07) is 14.1. The molecule has 6 heterocycles. The molecule has 2 aliphatic rings. The zero-order valence-corrected chi connectivity index (χ0v) is 37.3. The van der Waals surface area contributed by atoms with Gasteiger partial charge in [0.15, 0.2) is 17.3 Å². The highest BCUT2D eigenvalue weighted by Crippen LogP contribution is 2.38. The summed E-state index contributed by atoms with van der Waals surface area (Å²) in [4.78, 5) is 76.8. The second-order valence-electron chi connectivity index (χ2n) is 17.3. The lowest BCUT2D eigenvalue weighted by atomic mass is 10.1. The molecule has 4 aromatic heterocycles. The van der Waals surface area contributed by atoms with Crippen molar-refractivity contribution in [2.75, 3.05) is 41.5 Å². The van der Waals surface area contributed by atoms with Crippen LogP contribution in [0.3, 0.4) is 0 Å². The third-order valence-electron chi connectivity index (χ3n) is 11.3. The fourth-order valence-corrected chi connectivity index (χ4v) is 8.06. The Morgan fingerprint density at radius 2 is 1.49 bits per heavy atom. The summed E-state index contributed by atoms with van der Waals surface area (Å²) in [6.45, 7) is 11.1. The number of benzene rings is 2. The first kappa shape index (κ1) is 43.7. The Labute approximate surface area is 374 Å². The van der Waals surface area contributed by atoms with Crippen LogP contribution in [0.15, 0.2) is 90.5 Å². The van der Waals surface area contributed by atoms with Gasteiger partial charge in [-0.05, 0) is 76.1 Å². The number of imidazole rings is 1. The number of carbonyl (C=O) groups is 5. The van der Waals surface area contributed by atoms with Crippen LogP contribution in [0.2, 0.25) is 0 Å². The lowest BCUT2D eigenvalue weighted by molar-refractivity contribution is -0.116. The number of aromatic nitrogens is 5. The predicted octanol–water partition coefficient (Wildman–Crippen LogP) is 6.86. The van der Waals surface area contributed by atoms with Crippen LogP contribution < -0.4 is 30.7 Å². The number of fused-ring (bicyclic) bond motifs is 3. The number of ether oxygens (including phenoxy) is 2. The fraction of sp³-hybridized carbons (Fsp3) is 0.298. The predicted molar refractivity (Wildman–Crippen MR) is 248 cm³/mol. The fourth-order valence-electron chi connectivity index (χ4n) is 8.06. The lowest BCUT2D eigenvalue weighted by Gasteiger charge is -2.22. The Kier molecular flexibility index (Phi) is 11.7. The lowest BCUT2D eigenvalue weighted by Crippen LogP contribution is -2.35. The quantitative estimate of drug-likeness (QED) is 0.0712. The van der Waals surface area contributed by atoms with Crippen LogP contribution >= 0.6 is 0 Å². The number of hydrogen-bond donors (Lipinski definition) is 4. The highest BCUT2D eigenvalue weighted by atomic mass is 16.5. The number of carbonyl (C=O) groups excluding carboxylic acids is 5. The third-order valence-corrected chi connectivity index (χ3v) is 11.3. The van der Waals surface area contributed by atoms with E-state index < -0.39 is 11.8 Å². The number of anilines is 4. The van der Waals surface area contributed by atoms with Gasteiger partial charge in [0.1, 0.15) is 11.4 Å². The van der Waals surface area contributed by atoms with Crippen LogP contribution in [-0.2, 0) is 31.5 Å². The van der Waals surface area contributed by atoms with Crippen molar-refractivity contribution in [1.29, 1.82) is 0 Å². The van der Waals surface area contributed by atoms with Gasteiger partial charge < -0.3 is 53.9 Å². The number of hydrogen-bond acceptors (Lipinski definition) is 9. The van der Waals surface area contributed by atoms with E-state index in [0.29, 0.717) is 64.9 Å². The van der Waals surface area contributed by atoms with Gasteiger partial charge in [0.05, 0.1) is 42.4 Å². The zero-order valence-electron chi connectivity index (χ0n) is 37.3. The molecule has 336 valence electrons. The van der Waals surface area contributed by atoms with Crippen molar-refractivity contribution < 1.29 is 33.4 Å². The highest BCUT2D eigenvalue weighted by molar-refractivity contribution is 6.09. The zero-order chi connectivity index (χ0) is 46.3. The number of nitrogens with zero attached hydrogens (tertiary/aromatic N) is 7. The van der Waals surface area contributed by atoms with E-state index in [1.165, 1.54) is 23.9 Å². The minimum absolute atomic E-state index is 0.0265. The maximum atomic E-state index is 13.4. The van der Waals surface area contributed by atoms with Crippen LogP contribution in [0.5, 0.6) is 11.5 Å². The van der Waals surface area contributed by atoms with Gasteiger partial charge in [0.25, 0.3) is 23.6 Å². The number of rotatable bonds is 13. The Morgan fingerprint density at radius 3 is 2.17 bits per heavy atom. The molecule has 0 bridgehead atoms. The molecule has 8 rings (SSSR count). The molecule has 0 saturated carbocycles. The Balaban J connectivity index is 0.822. The van der Waals surface area contributed by atoms with Gasteiger partial charge in [0, 0.05) is 93.3 Å². The molecule has 0 spiro atoms.